The number of rotatable bonds is 5. The molecule has 0 unspecified atom stereocenters. The van der Waals surface area contributed by atoms with E-state index < -0.39 is 4.92 Å². The van der Waals surface area contributed by atoms with E-state index in [0.29, 0.717) is 29.4 Å². The first-order valence-electron chi connectivity index (χ1n) is 8.74. The zero-order chi connectivity index (χ0) is 20.3. The molecule has 0 saturated carbocycles. The van der Waals surface area contributed by atoms with E-state index >= 15 is 0 Å². The molecule has 9 heteroatoms. The maximum Gasteiger partial charge on any atom is 0.271 e. The van der Waals surface area contributed by atoms with Crippen LogP contribution >= 0.6 is 34.8 Å². The molecular weight excluding hydrogens is 425 g/mol. The third-order valence-corrected chi connectivity index (χ3v) is 5.70. The fourth-order valence-electron chi connectivity index (χ4n) is 3.20. The number of non-ortho nitro benzene ring substituents is 1. The van der Waals surface area contributed by atoms with Crippen molar-refractivity contribution in [2.24, 2.45) is 5.92 Å². The summed E-state index contributed by atoms with van der Waals surface area (Å²) in [5, 5.41) is 15.1. The minimum absolute atomic E-state index is 0.116. The fraction of sp³-hybridized carbons (Fsp3) is 0.316. The average Bonchev–Trinajstić information content (AvgIpc) is 2.66. The van der Waals surface area contributed by atoms with Crippen LogP contribution in [0.2, 0.25) is 15.1 Å². The van der Waals surface area contributed by atoms with Gasteiger partial charge in [-0.25, -0.2) is 0 Å². The number of carbonyl (C=O) groups is 1. The van der Waals surface area contributed by atoms with Gasteiger partial charge in [-0.3, -0.25) is 19.8 Å². The van der Waals surface area contributed by atoms with Gasteiger partial charge in [0.15, 0.2) is 0 Å². The van der Waals surface area contributed by atoms with E-state index in [1.807, 2.05) is 12.1 Å². The first-order valence-corrected chi connectivity index (χ1v) is 9.88. The number of amides is 1. The molecule has 1 saturated heterocycles. The number of nitrogens with zero attached hydrogens (tertiary/aromatic N) is 2. The van der Waals surface area contributed by atoms with E-state index in [1.54, 1.807) is 6.07 Å². The summed E-state index contributed by atoms with van der Waals surface area (Å²) >= 11 is 18.2. The zero-order valence-electron chi connectivity index (χ0n) is 14.8. The topological polar surface area (TPSA) is 75.5 Å². The van der Waals surface area contributed by atoms with Gasteiger partial charge in [-0.2, -0.15) is 0 Å². The Morgan fingerprint density at radius 1 is 1.11 bits per heavy atom. The molecule has 1 amide bonds. The summed E-state index contributed by atoms with van der Waals surface area (Å²) in [5.41, 5.74) is 1.14. The summed E-state index contributed by atoms with van der Waals surface area (Å²) in [6.45, 7) is 2.19. The second kappa shape index (κ2) is 9.09. The Balaban J connectivity index is 1.57. The Morgan fingerprint density at radius 2 is 1.82 bits per heavy atom. The molecule has 0 spiro atoms. The summed E-state index contributed by atoms with van der Waals surface area (Å²) in [5.74, 6) is -0.348. The molecule has 0 aliphatic carbocycles. The van der Waals surface area contributed by atoms with Gasteiger partial charge in [0.25, 0.3) is 5.69 Å². The average molecular weight is 443 g/mol. The molecule has 0 aromatic heterocycles. The second-order valence-corrected chi connectivity index (χ2v) is 7.95. The standard InChI is InChI=1S/C19H18Cl3N3O3/c20-14-2-1-13(17(22)9-14)11-24-7-5-12(6-8-24)19(26)23-18-10-15(25(27)28)3-4-16(18)21/h1-4,9-10,12H,5-8,11H2,(H,23,26). The lowest BCUT2D eigenvalue weighted by Gasteiger charge is -2.31. The molecule has 2 aromatic rings. The summed E-state index contributed by atoms with van der Waals surface area (Å²) in [6, 6.07) is 9.44. The van der Waals surface area contributed by atoms with E-state index in [0.717, 1.165) is 18.7 Å². The number of piperidine rings is 1. The number of nitrogens with one attached hydrogen (secondary N) is 1. The van der Waals surface area contributed by atoms with Crippen LogP contribution in [0.5, 0.6) is 0 Å². The monoisotopic (exact) mass is 441 g/mol. The number of nitro groups is 1. The van der Waals surface area contributed by atoms with Crippen molar-refractivity contribution >= 4 is 52.1 Å². The van der Waals surface area contributed by atoms with Crippen LogP contribution in [-0.2, 0) is 11.3 Å². The maximum atomic E-state index is 12.6. The van der Waals surface area contributed by atoms with Crippen LogP contribution in [0, 0.1) is 16.0 Å². The first-order chi connectivity index (χ1) is 13.3. The van der Waals surface area contributed by atoms with Gasteiger partial charge in [0.05, 0.1) is 15.6 Å². The molecule has 1 N–H and O–H groups in total. The summed E-state index contributed by atoms with van der Waals surface area (Å²) in [4.78, 5) is 25.2. The minimum atomic E-state index is -0.521. The molecule has 6 nitrogen and oxygen atoms in total. The highest BCUT2D eigenvalue weighted by atomic mass is 35.5. The van der Waals surface area contributed by atoms with Crippen LogP contribution in [0.1, 0.15) is 18.4 Å². The Hall–Kier alpha value is -1.86. The van der Waals surface area contributed by atoms with Gasteiger partial charge < -0.3 is 5.32 Å². The summed E-state index contributed by atoms with van der Waals surface area (Å²) in [7, 11) is 0. The molecule has 28 heavy (non-hydrogen) atoms. The number of hydrogen-bond acceptors (Lipinski definition) is 4. The normalized spacial score (nSPS) is 15.4. The zero-order valence-corrected chi connectivity index (χ0v) is 17.1. The maximum absolute atomic E-state index is 12.6. The van der Waals surface area contributed by atoms with Crippen molar-refractivity contribution in [1.82, 2.24) is 4.90 Å². The summed E-state index contributed by atoms with van der Waals surface area (Å²) < 4.78 is 0. The summed E-state index contributed by atoms with van der Waals surface area (Å²) in [6.07, 6.45) is 1.37. The number of carbonyl (C=O) groups excluding carboxylic acids is 1. The smallest absolute Gasteiger partial charge is 0.271 e. The van der Waals surface area contributed by atoms with E-state index in [1.165, 1.54) is 18.2 Å². The second-order valence-electron chi connectivity index (χ2n) is 6.70. The number of halogens is 3. The highest BCUT2D eigenvalue weighted by molar-refractivity contribution is 6.35. The van der Waals surface area contributed by atoms with Crippen LogP contribution in [0.4, 0.5) is 11.4 Å². The highest BCUT2D eigenvalue weighted by Gasteiger charge is 2.26. The lowest BCUT2D eigenvalue weighted by molar-refractivity contribution is -0.384. The van der Waals surface area contributed by atoms with Crippen molar-refractivity contribution in [2.45, 2.75) is 19.4 Å². The van der Waals surface area contributed by atoms with Gasteiger partial charge in [-0.15, -0.1) is 0 Å². The van der Waals surface area contributed by atoms with Gasteiger partial charge in [-0.1, -0.05) is 40.9 Å². The third-order valence-electron chi connectivity index (χ3n) is 4.79. The Kier molecular flexibility index (Phi) is 6.78. The number of anilines is 1. The number of hydrogen-bond donors (Lipinski definition) is 1. The van der Waals surface area contributed by atoms with Crippen molar-refractivity contribution < 1.29 is 9.72 Å². The molecule has 0 atom stereocenters. The van der Waals surface area contributed by atoms with E-state index in [2.05, 4.69) is 10.2 Å². The van der Waals surface area contributed by atoms with Crippen LogP contribution in [0.15, 0.2) is 36.4 Å². The van der Waals surface area contributed by atoms with Crippen molar-refractivity contribution in [3.05, 3.63) is 67.1 Å². The van der Waals surface area contributed by atoms with Crippen LogP contribution in [0.3, 0.4) is 0 Å². The molecule has 1 heterocycles. The van der Waals surface area contributed by atoms with E-state index in [9.17, 15) is 14.9 Å². The molecule has 148 valence electrons. The van der Waals surface area contributed by atoms with Crippen LogP contribution in [-0.4, -0.2) is 28.8 Å². The van der Waals surface area contributed by atoms with Crippen molar-refractivity contribution in [2.75, 3.05) is 18.4 Å². The van der Waals surface area contributed by atoms with Crippen molar-refractivity contribution in [3.63, 3.8) is 0 Å². The van der Waals surface area contributed by atoms with Crippen molar-refractivity contribution in [1.29, 1.82) is 0 Å². The van der Waals surface area contributed by atoms with Crippen LogP contribution < -0.4 is 5.32 Å². The molecule has 1 fully saturated rings. The van der Waals surface area contributed by atoms with Gasteiger partial charge in [0.1, 0.15) is 0 Å². The van der Waals surface area contributed by atoms with Gasteiger partial charge in [-0.05, 0) is 49.7 Å². The largest absolute Gasteiger partial charge is 0.324 e. The molecule has 3 rings (SSSR count). The van der Waals surface area contributed by atoms with Gasteiger partial charge >= 0.3 is 0 Å². The lowest BCUT2D eigenvalue weighted by atomic mass is 9.95. The molecule has 1 aliphatic rings. The lowest BCUT2D eigenvalue weighted by Crippen LogP contribution is -2.37. The predicted molar refractivity (Wildman–Crippen MR) is 111 cm³/mol. The molecule has 0 radical (unpaired) electrons. The van der Waals surface area contributed by atoms with Gasteiger partial charge in [0.2, 0.25) is 5.91 Å². The molecule has 2 aromatic carbocycles. The number of benzene rings is 2. The molecule has 0 bridgehead atoms. The molecular formula is C19H18Cl3N3O3. The minimum Gasteiger partial charge on any atom is -0.324 e. The predicted octanol–water partition coefficient (Wildman–Crippen LogP) is 5.41. The quantitative estimate of drug-likeness (QED) is 0.496. The SMILES string of the molecule is O=C(Nc1cc([N+](=O)[O-])ccc1Cl)C1CCN(Cc2ccc(Cl)cc2Cl)CC1. The van der Waals surface area contributed by atoms with Gasteiger partial charge in [0, 0.05) is 34.6 Å². The molecule has 1 aliphatic heterocycles. The number of nitro benzene ring substituents is 1. The Labute approximate surface area is 177 Å². The Bertz CT molecular complexity index is 899. The van der Waals surface area contributed by atoms with Crippen molar-refractivity contribution in [3.8, 4) is 0 Å². The highest BCUT2D eigenvalue weighted by Crippen LogP contribution is 2.29. The first kappa shape index (κ1) is 20.9. The number of likely N-dealkylation sites (tertiary alicyclic amines) is 1. The van der Waals surface area contributed by atoms with E-state index in [4.69, 9.17) is 34.8 Å². The Morgan fingerprint density at radius 3 is 2.46 bits per heavy atom. The fourth-order valence-corrected chi connectivity index (χ4v) is 3.83. The van der Waals surface area contributed by atoms with E-state index in [-0.39, 0.29) is 28.2 Å². The van der Waals surface area contributed by atoms with Crippen LogP contribution in [0.25, 0.3) is 0 Å². The third kappa shape index (κ3) is 5.14.